The molecule has 1 unspecified atom stereocenters. The van der Waals surface area contributed by atoms with Crippen molar-refractivity contribution in [1.29, 1.82) is 0 Å². The van der Waals surface area contributed by atoms with Gasteiger partial charge in [-0.25, -0.2) is 4.98 Å². The Morgan fingerprint density at radius 3 is 2.46 bits per heavy atom. The Kier molecular flexibility index (Phi) is 10.1. The van der Waals surface area contributed by atoms with Crippen LogP contribution in [-0.2, 0) is 0 Å². The number of aromatic nitrogens is 2. The number of hydrogen-bond donors (Lipinski definition) is 3. The topological polar surface area (TPSA) is 110 Å². The fourth-order valence-electron chi connectivity index (χ4n) is 5.01. The van der Waals surface area contributed by atoms with Crippen LogP contribution in [0.1, 0.15) is 54.6 Å². The zero-order valence-electron chi connectivity index (χ0n) is 22.3. The van der Waals surface area contributed by atoms with E-state index in [1.807, 2.05) is 30.3 Å². The van der Waals surface area contributed by atoms with Crippen LogP contribution in [-0.4, -0.2) is 41.1 Å². The van der Waals surface area contributed by atoms with Crippen molar-refractivity contribution in [2.24, 2.45) is 17.1 Å². The first-order chi connectivity index (χ1) is 17.7. The maximum atomic E-state index is 11.1. The van der Waals surface area contributed by atoms with Gasteiger partial charge in [0.1, 0.15) is 12.9 Å². The van der Waals surface area contributed by atoms with Gasteiger partial charge in [-0.15, -0.1) is 0 Å². The molecule has 0 radical (unpaired) electrons. The number of nitrogens with one attached hydrogen (secondary N) is 1. The van der Waals surface area contributed by atoms with Gasteiger partial charge in [0.15, 0.2) is 0 Å². The van der Waals surface area contributed by atoms with E-state index in [0.29, 0.717) is 35.3 Å². The predicted octanol–water partition coefficient (Wildman–Crippen LogP) is 5.83. The zero-order chi connectivity index (χ0) is 27.0. The standard InChI is InChI=1S/C28H34N4O2S.CH4O/c1-18-7-5-8-19(2)26(18)24-13-25(34-17-22(29)11-21-14-28(3,4)15-21)31-27(30-24)32-35-23-10-6-9-20(12-23)16-33;1-2/h5-10,12-13,16,21-22H,11,14-15,17,29H2,1-4H3,(H,30,31,32);2H,1H3. The first kappa shape index (κ1) is 28.6. The summed E-state index contributed by atoms with van der Waals surface area (Å²) in [5.74, 6) is 1.61. The molecule has 1 fully saturated rings. The molecule has 7 nitrogen and oxygen atoms in total. The summed E-state index contributed by atoms with van der Waals surface area (Å²) < 4.78 is 9.30. The minimum atomic E-state index is -0.0356. The molecule has 1 aromatic heterocycles. The maximum absolute atomic E-state index is 11.1. The monoisotopic (exact) mass is 522 g/mol. The second-order valence-electron chi connectivity index (χ2n) is 10.3. The number of benzene rings is 2. The van der Waals surface area contributed by atoms with Crippen LogP contribution in [0.25, 0.3) is 11.3 Å². The van der Waals surface area contributed by atoms with Gasteiger partial charge in [0.25, 0.3) is 0 Å². The van der Waals surface area contributed by atoms with E-state index >= 15 is 0 Å². The van der Waals surface area contributed by atoms with Crippen molar-refractivity contribution >= 4 is 24.2 Å². The molecule has 1 atom stereocenters. The summed E-state index contributed by atoms with van der Waals surface area (Å²) in [5, 5.41) is 7.00. The van der Waals surface area contributed by atoms with Crippen molar-refractivity contribution in [2.45, 2.75) is 57.9 Å². The maximum Gasteiger partial charge on any atom is 0.237 e. The smallest absolute Gasteiger partial charge is 0.237 e. The number of aldehydes is 1. The van der Waals surface area contributed by atoms with E-state index in [2.05, 4.69) is 49.5 Å². The lowest BCUT2D eigenvalue weighted by atomic mass is 9.63. The van der Waals surface area contributed by atoms with Crippen LogP contribution in [0.5, 0.6) is 5.88 Å². The van der Waals surface area contributed by atoms with E-state index in [-0.39, 0.29) is 6.04 Å². The summed E-state index contributed by atoms with van der Waals surface area (Å²) in [6, 6.07) is 15.4. The molecule has 1 aliphatic carbocycles. The molecule has 3 aromatic rings. The Morgan fingerprint density at radius 1 is 1.14 bits per heavy atom. The van der Waals surface area contributed by atoms with Gasteiger partial charge >= 0.3 is 0 Å². The second kappa shape index (κ2) is 13.0. The number of hydrogen-bond acceptors (Lipinski definition) is 8. The number of ether oxygens (including phenoxy) is 1. The molecule has 37 heavy (non-hydrogen) atoms. The lowest BCUT2D eigenvalue weighted by Gasteiger charge is -2.43. The highest BCUT2D eigenvalue weighted by Crippen LogP contribution is 2.46. The summed E-state index contributed by atoms with van der Waals surface area (Å²) in [5.41, 5.74) is 11.6. The average molecular weight is 523 g/mol. The molecular weight excluding hydrogens is 484 g/mol. The van der Waals surface area contributed by atoms with Gasteiger partial charge in [0.05, 0.1) is 5.69 Å². The first-order valence-electron chi connectivity index (χ1n) is 12.5. The molecule has 4 N–H and O–H groups in total. The van der Waals surface area contributed by atoms with E-state index in [1.54, 1.807) is 6.07 Å². The van der Waals surface area contributed by atoms with Crippen molar-refractivity contribution < 1.29 is 14.6 Å². The van der Waals surface area contributed by atoms with Gasteiger partial charge < -0.3 is 15.6 Å². The van der Waals surface area contributed by atoms with Crippen LogP contribution < -0.4 is 15.2 Å². The van der Waals surface area contributed by atoms with Crippen molar-refractivity contribution in [3.63, 3.8) is 0 Å². The Balaban J connectivity index is 0.00000186. The average Bonchev–Trinajstić information content (AvgIpc) is 2.86. The third-order valence-electron chi connectivity index (χ3n) is 6.46. The van der Waals surface area contributed by atoms with Crippen molar-refractivity contribution in [1.82, 2.24) is 9.97 Å². The number of carbonyl (C=O) groups is 1. The third kappa shape index (κ3) is 8.02. The number of anilines is 1. The highest BCUT2D eigenvalue weighted by atomic mass is 32.2. The van der Waals surface area contributed by atoms with Gasteiger partial charge in [0, 0.05) is 35.2 Å². The first-order valence-corrected chi connectivity index (χ1v) is 13.3. The van der Waals surface area contributed by atoms with Crippen LogP contribution in [0, 0.1) is 25.2 Å². The molecule has 1 aliphatic rings. The number of aryl methyl sites for hydroxylation is 2. The Bertz CT molecular complexity index is 1170. The molecule has 0 amide bonds. The molecule has 0 bridgehead atoms. The quantitative estimate of drug-likeness (QED) is 0.225. The normalized spacial score (nSPS) is 15.1. The molecule has 4 rings (SSSR count). The Labute approximate surface area is 224 Å². The number of rotatable bonds is 10. The molecule has 8 heteroatoms. The zero-order valence-corrected chi connectivity index (χ0v) is 23.1. The van der Waals surface area contributed by atoms with Gasteiger partial charge in [-0.2, -0.15) is 4.98 Å². The van der Waals surface area contributed by atoms with Gasteiger partial charge in [-0.3, -0.25) is 9.52 Å². The van der Waals surface area contributed by atoms with E-state index in [1.165, 1.54) is 24.8 Å². The summed E-state index contributed by atoms with van der Waals surface area (Å²) in [4.78, 5) is 21.4. The summed E-state index contributed by atoms with van der Waals surface area (Å²) in [7, 11) is 1.00. The fraction of sp³-hybridized carbons (Fsp3) is 0.414. The minimum absolute atomic E-state index is 0.0356. The van der Waals surface area contributed by atoms with Crippen LogP contribution in [0.15, 0.2) is 53.4 Å². The minimum Gasteiger partial charge on any atom is -0.476 e. The van der Waals surface area contributed by atoms with Gasteiger partial charge in [0.2, 0.25) is 11.8 Å². The summed E-state index contributed by atoms with van der Waals surface area (Å²) in [6.45, 7) is 9.18. The molecule has 0 saturated heterocycles. The van der Waals surface area contributed by atoms with Crippen LogP contribution in [0.3, 0.4) is 0 Å². The van der Waals surface area contributed by atoms with Gasteiger partial charge in [-0.1, -0.05) is 44.2 Å². The van der Waals surface area contributed by atoms with Crippen LogP contribution in [0.4, 0.5) is 5.95 Å². The summed E-state index contributed by atoms with van der Waals surface area (Å²) >= 11 is 1.35. The third-order valence-corrected chi connectivity index (χ3v) is 7.23. The largest absolute Gasteiger partial charge is 0.476 e. The number of aliphatic hydroxyl groups excluding tert-OH is 1. The lowest BCUT2D eigenvalue weighted by Crippen LogP contribution is -2.38. The highest BCUT2D eigenvalue weighted by molar-refractivity contribution is 8.00. The molecule has 2 aromatic carbocycles. The van der Waals surface area contributed by atoms with Crippen LogP contribution in [0.2, 0.25) is 0 Å². The predicted molar refractivity (Wildman–Crippen MR) is 151 cm³/mol. The lowest BCUT2D eigenvalue weighted by molar-refractivity contribution is 0.0787. The molecule has 1 saturated carbocycles. The summed E-state index contributed by atoms with van der Waals surface area (Å²) in [6.07, 6.45) is 4.25. The van der Waals surface area contributed by atoms with E-state index < -0.39 is 0 Å². The Morgan fingerprint density at radius 2 is 1.81 bits per heavy atom. The number of nitrogens with two attached hydrogens (primary N) is 1. The molecule has 1 heterocycles. The van der Waals surface area contributed by atoms with Crippen molar-refractivity contribution in [3.05, 3.63) is 65.2 Å². The molecule has 198 valence electrons. The van der Waals surface area contributed by atoms with E-state index in [0.717, 1.165) is 47.1 Å². The number of carbonyl (C=O) groups excluding carboxylic acids is 1. The van der Waals surface area contributed by atoms with E-state index in [9.17, 15) is 4.79 Å². The van der Waals surface area contributed by atoms with E-state index in [4.69, 9.17) is 20.6 Å². The highest BCUT2D eigenvalue weighted by Gasteiger charge is 2.36. The number of aliphatic hydroxyl groups is 1. The van der Waals surface area contributed by atoms with Crippen molar-refractivity contribution in [3.8, 4) is 17.1 Å². The molecular formula is C29H38N4O3S. The number of nitrogens with zero attached hydrogens (tertiary/aromatic N) is 2. The van der Waals surface area contributed by atoms with Gasteiger partial charge in [-0.05, 0) is 79.7 Å². The Hall–Kier alpha value is -2.94. The fourth-order valence-corrected chi connectivity index (χ4v) is 5.65. The molecule has 0 spiro atoms. The van der Waals surface area contributed by atoms with Crippen LogP contribution >= 0.6 is 11.9 Å². The second-order valence-corrected chi connectivity index (χ2v) is 11.2. The van der Waals surface area contributed by atoms with Crippen molar-refractivity contribution in [2.75, 3.05) is 18.4 Å². The molecule has 0 aliphatic heterocycles. The SMILES string of the molecule is CO.Cc1cccc(C)c1-c1cc(OCC(N)CC2CC(C)(C)C2)nc(NSc2cccc(C=O)c2)n1.